The van der Waals surface area contributed by atoms with Crippen LogP contribution >= 0.6 is 0 Å². The molecule has 0 aliphatic carbocycles. The van der Waals surface area contributed by atoms with Gasteiger partial charge in [0.15, 0.2) is 0 Å². The van der Waals surface area contributed by atoms with E-state index in [0.29, 0.717) is 0 Å². The van der Waals surface area contributed by atoms with Crippen LogP contribution in [0.3, 0.4) is 0 Å². The van der Waals surface area contributed by atoms with E-state index in [1.165, 1.54) is 176 Å². The van der Waals surface area contributed by atoms with Gasteiger partial charge in [-0.15, -0.1) is 0 Å². The molecule has 0 saturated carbocycles. The molecule has 0 nitrogen and oxygen atoms in total. The Hall–Kier alpha value is -6.63. The molecule has 4 heterocycles. The second kappa shape index (κ2) is 14.6. The van der Waals surface area contributed by atoms with E-state index >= 15 is 0 Å². The maximum atomic E-state index is 2.72. The van der Waals surface area contributed by atoms with Crippen LogP contribution in [0.2, 0.25) is 0 Å². The average molecular weight is 955 g/mol. The van der Waals surface area contributed by atoms with Gasteiger partial charge < -0.3 is 0 Å². The van der Waals surface area contributed by atoms with Crippen LogP contribution in [0, 0.1) is 27.7 Å². The van der Waals surface area contributed by atoms with Crippen molar-refractivity contribution in [2.45, 2.75) is 132 Å². The van der Waals surface area contributed by atoms with Gasteiger partial charge in [-0.25, -0.2) is 0 Å². The van der Waals surface area contributed by atoms with Crippen molar-refractivity contribution in [3.63, 3.8) is 0 Å². The average Bonchev–Trinajstić information content (AvgIpc) is 3.92. The van der Waals surface area contributed by atoms with Crippen molar-refractivity contribution in [2.24, 2.45) is 0 Å². The Morgan fingerprint density at radius 2 is 0.581 bits per heavy atom. The minimum absolute atomic E-state index is 0.0223. The van der Waals surface area contributed by atoms with Gasteiger partial charge in [0.25, 0.3) is 0 Å². The molecular formula is C72H68B2. The van der Waals surface area contributed by atoms with Crippen molar-refractivity contribution in [3.8, 4) is 66.8 Å². The van der Waals surface area contributed by atoms with Crippen LogP contribution in [0.1, 0.15) is 128 Å². The topological polar surface area (TPSA) is 0 Å². The van der Waals surface area contributed by atoms with E-state index in [1.807, 2.05) is 0 Å². The fourth-order valence-electron chi connectivity index (χ4n) is 14.7. The third kappa shape index (κ3) is 6.06. The van der Waals surface area contributed by atoms with Crippen LogP contribution in [0.15, 0.2) is 121 Å². The summed E-state index contributed by atoms with van der Waals surface area (Å²) in [4.78, 5) is 0. The smallest absolute Gasteiger partial charge is 0.0661 e. The zero-order valence-corrected chi connectivity index (χ0v) is 46.7. The molecule has 362 valence electrons. The summed E-state index contributed by atoms with van der Waals surface area (Å²) >= 11 is 0. The molecule has 0 N–H and O–H groups in total. The van der Waals surface area contributed by atoms with Crippen LogP contribution in [0.25, 0.3) is 99.1 Å². The van der Waals surface area contributed by atoms with Crippen molar-refractivity contribution < 1.29 is 0 Å². The van der Waals surface area contributed by atoms with E-state index in [-0.39, 0.29) is 35.1 Å². The molecule has 10 aromatic carbocycles. The van der Waals surface area contributed by atoms with Crippen molar-refractivity contribution in [1.29, 1.82) is 0 Å². The van der Waals surface area contributed by atoms with Gasteiger partial charge in [0.2, 0.25) is 13.4 Å². The first kappa shape index (κ1) is 45.9. The Labute approximate surface area is 441 Å². The second-order valence-electron chi connectivity index (χ2n) is 27.4. The van der Waals surface area contributed by atoms with Crippen molar-refractivity contribution in [1.82, 2.24) is 0 Å². The highest BCUT2D eigenvalue weighted by molar-refractivity contribution is 7.03. The summed E-state index contributed by atoms with van der Waals surface area (Å²) in [6.45, 7) is 38.2. The lowest BCUT2D eigenvalue weighted by Gasteiger charge is -2.34. The highest BCUT2D eigenvalue weighted by Crippen LogP contribution is 2.53. The molecule has 0 radical (unpaired) electrons. The van der Waals surface area contributed by atoms with E-state index < -0.39 is 0 Å². The predicted molar refractivity (Wildman–Crippen MR) is 326 cm³/mol. The van der Waals surface area contributed by atoms with Gasteiger partial charge in [-0.3, -0.25) is 0 Å². The Bertz CT molecular complexity index is 3890. The SMILES string of the molecule is Cc1cccc(C)c1-c1cc2c3c(cc4c(-c5c(C)cccc5C)cc5c6c(cc1c3c46)B1c3ccc(C(C)(C)C)cc3-c3cc(C(C)(C)C)cc-5c31)B1c3ccc(C(C)(C)C)cc3-c3cc(C(C)(C)C)cc-2c31. The lowest BCUT2D eigenvalue weighted by molar-refractivity contribution is 0.590. The molecule has 0 fully saturated rings. The van der Waals surface area contributed by atoms with Crippen LogP contribution in [-0.4, -0.2) is 13.4 Å². The molecule has 0 bridgehead atoms. The predicted octanol–water partition coefficient (Wildman–Crippen LogP) is 15.3. The molecule has 10 aromatic rings. The minimum Gasteiger partial charge on any atom is -0.0661 e. The lowest BCUT2D eigenvalue weighted by atomic mass is 9.34. The summed E-state index contributed by atoms with van der Waals surface area (Å²) in [7, 11) is 0. The fraction of sp³-hybridized carbons (Fsp3) is 0.278. The zero-order valence-electron chi connectivity index (χ0n) is 46.7. The molecule has 0 atom stereocenters. The first-order chi connectivity index (χ1) is 34.9. The van der Waals surface area contributed by atoms with E-state index in [2.05, 4.69) is 232 Å². The molecule has 2 heteroatoms. The Morgan fingerprint density at radius 1 is 0.270 bits per heavy atom. The summed E-state index contributed by atoms with van der Waals surface area (Å²) in [6.07, 6.45) is 0. The van der Waals surface area contributed by atoms with E-state index in [9.17, 15) is 0 Å². The van der Waals surface area contributed by atoms with Gasteiger partial charge in [0.05, 0.1) is 0 Å². The molecule has 74 heavy (non-hydrogen) atoms. The van der Waals surface area contributed by atoms with Gasteiger partial charge in [-0.1, -0.05) is 225 Å². The normalized spacial score (nSPS) is 14.2. The number of fused-ring (bicyclic) bond motifs is 10. The number of rotatable bonds is 2. The molecular weight excluding hydrogens is 886 g/mol. The Morgan fingerprint density at radius 3 is 0.905 bits per heavy atom. The summed E-state index contributed by atoms with van der Waals surface area (Å²) in [5.74, 6) is 0. The van der Waals surface area contributed by atoms with Crippen molar-refractivity contribution >= 4 is 78.5 Å². The van der Waals surface area contributed by atoms with Gasteiger partial charge in [-0.2, -0.15) is 0 Å². The third-order valence-electron chi connectivity index (χ3n) is 18.6. The summed E-state index contributed by atoms with van der Waals surface area (Å²) in [5.41, 5.74) is 36.3. The van der Waals surface area contributed by atoms with Gasteiger partial charge in [0.1, 0.15) is 0 Å². The number of hydrogen-bond donors (Lipinski definition) is 0. The highest BCUT2D eigenvalue weighted by Gasteiger charge is 2.46. The minimum atomic E-state index is -0.0462. The van der Waals surface area contributed by atoms with Crippen molar-refractivity contribution in [2.75, 3.05) is 0 Å². The molecule has 0 saturated heterocycles. The fourth-order valence-corrected chi connectivity index (χ4v) is 14.7. The molecule has 0 spiro atoms. The number of hydrogen-bond acceptors (Lipinski definition) is 0. The molecule has 14 rings (SSSR count). The summed E-state index contributed by atoms with van der Waals surface area (Å²) < 4.78 is 0. The molecule has 0 amide bonds. The molecule has 4 aliphatic rings. The first-order valence-electron chi connectivity index (χ1n) is 27.6. The third-order valence-corrected chi connectivity index (χ3v) is 18.6. The second-order valence-corrected chi connectivity index (χ2v) is 27.4. The number of aryl methyl sites for hydroxylation is 4. The zero-order chi connectivity index (χ0) is 51.8. The van der Waals surface area contributed by atoms with Crippen LogP contribution in [0.5, 0.6) is 0 Å². The summed E-state index contributed by atoms with van der Waals surface area (Å²) in [6, 6.07) is 50.0. The van der Waals surface area contributed by atoms with Crippen LogP contribution < -0.4 is 32.8 Å². The number of benzene rings is 10. The Balaban J connectivity index is 1.24. The molecule has 4 aliphatic heterocycles. The maximum absolute atomic E-state index is 2.72. The highest BCUT2D eigenvalue weighted by atomic mass is 14.4. The van der Waals surface area contributed by atoms with Crippen molar-refractivity contribution in [3.05, 3.63) is 166 Å². The van der Waals surface area contributed by atoms with E-state index in [0.717, 1.165) is 0 Å². The maximum Gasteiger partial charge on any atom is 0.244 e. The monoisotopic (exact) mass is 955 g/mol. The Kier molecular flexibility index (Phi) is 9.07. The van der Waals surface area contributed by atoms with Gasteiger partial charge >= 0.3 is 0 Å². The van der Waals surface area contributed by atoms with E-state index in [1.54, 1.807) is 0 Å². The lowest BCUT2D eigenvalue weighted by Crippen LogP contribution is -2.53. The molecule has 0 aromatic heterocycles. The first-order valence-corrected chi connectivity index (χ1v) is 27.6. The van der Waals surface area contributed by atoms with Crippen LogP contribution in [-0.2, 0) is 21.7 Å². The quantitative estimate of drug-likeness (QED) is 0.120. The van der Waals surface area contributed by atoms with Gasteiger partial charge in [-0.05, 0) is 205 Å². The van der Waals surface area contributed by atoms with Crippen LogP contribution in [0.4, 0.5) is 0 Å². The molecule has 0 unspecified atom stereocenters. The summed E-state index contributed by atoms with van der Waals surface area (Å²) in [5, 5.41) is 8.52. The largest absolute Gasteiger partial charge is 0.244 e. The van der Waals surface area contributed by atoms with Gasteiger partial charge in [0, 0.05) is 0 Å². The standard InChI is InChI=1S/C72H68B2/c1-37-19-17-20-38(2)61(37)47-33-49-55-31-43(71(11,12)13)29-53-45-27-42(70(8,9)10)24-26-58(45)74(67(53)55)60-36-52-48(62-39(3)21-18-22-40(62)4)34-50-56-32-44(72(14,15)16)30-54-46-28-41(69(5,6)7)23-25-57(46)73(68(54)56)59-35-51(47)65(63(49)60)66(52)64(50)59/h17-36H,1-16H3. The van der Waals surface area contributed by atoms with E-state index in [4.69, 9.17) is 0 Å².